The first-order valence-corrected chi connectivity index (χ1v) is 8.22. The van der Waals surface area contributed by atoms with Crippen molar-refractivity contribution < 1.29 is 4.79 Å². The van der Waals surface area contributed by atoms with Crippen molar-refractivity contribution in [3.8, 4) is 0 Å². The van der Waals surface area contributed by atoms with E-state index in [1.165, 1.54) is 38.5 Å². The lowest BCUT2D eigenvalue weighted by atomic mass is 9.84. The van der Waals surface area contributed by atoms with Crippen molar-refractivity contribution in [2.45, 2.75) is 57.9 Å². The Morgan fingerprint density at radius 3 is 2.84 bits per heavy atom. The minimum Gasteiger partial charge on any atom is -0.353 e. The molecule has 19 heavy (non-hydrogen) atoms. The second-order valence-corrected chi connectivity index (χ2v) is 7.11. The summed E-state index contributed by atoms with van der Waals surface area (Å²) in [5, 5.41) is 6.68. The lowest BCUT2D eigenvalue weighted by molar-refractivity contribution is -0.123. The maximum atomic E-state index is 12.1. The number of rotatable bonds is 4. The summed E-state index contributed by atoms with van der Waals surface area (Å²) in [6, 6.07) is 0.388. The summed E-state index contributed by atoms with van der Waals surface area (Å²) in [5.74, 6) is 3.46. The van der Waals surface area contributed by atoms with Crippen LogP contribution in [0.5, 0.6) is 0 Å². The average Bonchev–Trinajstić information content (AvgIpc) is 3.02. The zero-order valence-corrected chi connectivity index (χ0v) is 12.2. The Hall–Kier alpha value is -0.570. The predicted molar refractivity (Wildman–Crippen MR) is 76.8 cm³/mol. The lowest BCUT2D eigenvalue weighted by Gasteiger charge is -2.29. The molecule has 2 saturated carbocycles. The van der Waals surface area contributed by atoms with Crippen molar-refractivity contribution in [2.24, 2.45) is 23.7 Å². The molecule has 0 aromatic rings. The molecule has 3 heteroatoms. The van der Waals surface area contributed by atoms with Crippen molar-refractivity contribution >= 4 is 5.91 Å². The van der Waals surface area contributed by atoms with E-state index in [1.807, 2.05) is 0 Å². The Kier molecular flexibility index (Phi) is 4.11. The van der Waals surface area contributed by atoms with Crippen molar-refractivity contribution in [2.75, 3.05) is 13.1 Å². The average molecular weight is 264 g/mol. The van der Waals surface area contributed by atoms with Gasteiger partial charge in [-0.15, -0.1) is 0 Å². The van der Waals surface area contributed by atoms with Crippen LogP contribution in [0, 0.1) is 23.7 Å². The van der Waals surface area contributed by atoms with Crippen LogP contribution in [0.2, 0.25) is 0 Å². The number of carbonyl (C=O) groups is 1. The van der Waals surface area contributed by atoms with Crippen molar-refractivity contribution in [3.63, 3.8) is 0 Å². The molecule has 5 unspecified atom stereocenters. The third kappa shape index (κ3) is 3.13. The number of piperidine rings is 1. The molecule has 1 aliphatic heterocycles. The summed E-state index contributed by atoms with van der Waals surface area (Å²) in [7, 11) is 0. The van der Waals surface area contributed by atoms with Gasteiger partial charge in [0.15, 0.2) is 0 Å². The summed E-state index contributed by atoms with van der Waals surface area (Å²) in [6.07, 6.45) is 8.78. The highest BCUT2D eigenvalue weighted by Gasteiger charge is 2.42. The molecule has 5 atom stereocenters. The van der Waals surface area contributed by atoms with Gasteiger partial charge >= 0.3 is 0 Å². The molecular weight excluding hydrogens is 236 g/mol. The highest BCUT2D eigenvalue weighted by molar-refractivity contribution is 5.76. The molecule has 2 bridgehead atoms. The fraction of sp³-hybridized carbons (Fsp3) is 0.938. The molecule has 1 heterocycles. The van der Waals surface area contributed by atoms with Gasteiger partial charge in [0.2, 0.25) is 5.91 Å². The largest absolute Gasteiger partial charge is 0.353 e. The van der Waals surface area contributed by atoms with Gasteiger partial charge in [0.1, 0.15) is 0 Å². The molecule has 3 rings (SSSR count). The van der Waals surface area contributed by atoms with E-state index in [0.717, 1.165) is 37.3 Å². The van der Waals surface area contributed by atoms with Crippen molar-refractivity contribution in [1.82, 2.24) is 10.6 Å². The first kappa shape index (κ1) is 13.4. The van der Waals surface area contributed by atoms with Gasteiger partial charge in [0.25, 0.3) is 0 Å². The molecule has 1 amide bonds. The van der Waals surface area contributed by atoms with E-state index in [0.29, 0.717) is 12.0 Å². The molecule has 0 spiro atoms. The molecule has 2 aliphatic carbocycles. The lowest BCUT2D eigenvalue weighted by Crippen LogP contribution is -2.42. The van der Waals surface area contributed by atoms with E-state index in [9.17, 15) is 4.79 Å². The number of nitrogens with one attached hydrogen (secondary N) is 2. The molecule has 0 aromatic heterocycles. The predicted octanol–water partition coefficient (Wildman–Crippen LogP) is 2.32. The summed E-state index contributed by atoms with van der Waals surface area (Å²) < 4.78 is 0. The maximum absolute atomic E-state index is 12.1. The van der Waals surface area contributed by atoms with Gasteiger partial charge in [-0.05, 0) is 75.8 Å². The summed E-state index contributed by atoms with van der Waals surface area (Å²) in [4.78, 5) is 12.1. The van der Waals surface area contributed by atoms with Gasteiger partial charge in [0.05, 0.1) is 0 Å². The molecule has 3 aliphatic rings. The zero-order chi connectivity index (χ0) is 13.2. The molecule has 108 valence electrons. The van der Waals surface area contributed by atoms with Crippen LogP contribution < -0.4 is 10.6 Å². The van der Waals surface area contributed by atoms with E-state index in [1.54, 1.807) is 0 Å². The highest BCUT2D eigenvalue weighted by Crippen LogP contribution is 2.49. The number of fused-ring (bicyclic) bond motifs is 2. The van der Waals surface area contributed by atoms with Crippen LogP contribution in [0.15, 0.2) is 0 Å². The Bertz CT molecular complexity index is 325. The van der Waals surface area contributed by atoms with Gasteiger partial charge in [-0.3, -0.25) is 4.79 Å². The highest BCUT2D eigenvalue weighted by atomic mass is 16.1. The molecule has 2 N–H and O–H groups in total. The fourth-order valence-corrected chi connectivity index (χ4v) is 4.69. The van der Waals surface area contributed by atoms with Crippen molar-refractivity contribution in [1.29, 1.82) is 0 Å². The van der Waals surface area contributed by atoms with E-state index in [-0.39, 0.29) is 5.91 Å². The Labute approximate surface area is 116 Å². The zero-order valence-electron chi connectivity index (χ0n) is 12.2. The standard InChI is InChI=1S/C16H28N2O/c1-11(15-8-12-4-5-14(15)7-12)18-16(19)9-13-3-2-6-17-10-13/h11-15,17H,2-10H2,1H3,(H,18,19). The first-order chi connectivity index (χ1) is 9.22. The first-order valence-electron chi connectivity index (χ1n) is 8.22. The smallest absolute Gasteiger partial charge is 0.220 e. The van der Waals surface area contributed by atoms with E-state index in [4.69, 9.17) is 0 Å². The third-order valence-electron chi connectivity index (χ3n) is 5.70. The number of hydrogen-bond acceptors (Lipinski definition) is 2. The van der Waals surface area contributed by atoms with Gasteiger partial charge in [-0.2, -0.15) is 0 Å². The van der Waals surface area contributed by atoms with Gasteiger partial charge in [-0.25, -0.2) is 0 Å². The minimum absolute atomic E-state index is 0.281. The van der Waals surface area contributed by atoms with Crippen LogP contribution in [0.3, 0.4) is 0 Å². The maximum Gasteiger partial charge on any atom is 0.220 e. The van der Waals surface area contributed by atoms with Gasteiger partial charge in [0, 0.05) is 12.5 Å². The number of amides is 1. The summed E-state index contributed by atoms with van der Waals surface area (Å²) >= 11 is 0. The van der Waals surface area contributed by atoms with Crippen LogP contribution in [-0.2, 0) is 4.79 Å². The molecule has 3 fully saturated rings. The van der Waals surface area contributed by atoms with Crippen LogP contribution in [0.4, 0.5) is 0 Å². The topological polar surface area (TPSA) is 41.1 Å². The van der Waals surface area contributed by atoms with Crippen molar-refractivity contribution in [3.05, 3.63) is 0 Å². The quantitative estimate of drug-likeness (QED) is 0.818. The van der Waals surface area contributed by atoms with Crippen LogP contribution >= 0.6 is 0 Å². The third-order valence-corrected chi connectivity index (χ3v) is 5.70. The van der Waals surface area contributed by atoms with E-state index < -0.39 is 0 Å². The molecular formula is C16H28N2O. The summed E-state index contributed by atoms with van der Waals surface area (Å²) in [5.41, 5.74) is 0. The SMILES string of the molecule is CC(NC(=O)CC1CCCNC1)C1CC2CCC1C2. The molecule has 3 nitrogen and oxygen atoms in total. The Morgan fingerprint density at radius 2 is 2.21 bits per heavy atom. The second kappa shape index (κ2) is 5.82. The fourth-order valence-electron chi connectivity index (χ4n) is 4.69. The number of hydrogen-bond donors (Lipinski definition) is 2. The summed E-state index contributed by atoms with van der Waals surface area (Å²) in [6.45, 7) is 4.37. The normalized spacial score (nSPS) is 39.2. The minimum atomic E-state index is 0.281. The van der Waals surface area contributed by atoms with Crippen LogP contribution in [-0.4, -0.2) is 25.0 Å². The Morgan fingerprint density at radius 1 is 1.32 bits per heavy atom. The molecule has 1 saturated heterocycles. The van der Waals surface area contributed by atoms with Crippen LogP contribution in [0.25, 0.3) is 0 Å². The van der Waals surface area contributed by atoms with E-state index in [2.05, 4.69) is 17.6 Å². The molecule has 0 aromatic carbocycles. The second-order valence-electron chi connectivity index (χ2n) is 7.11. The monoisotopic (exact) mass is 264 g/mol. The van der Waals surface area contributed by atoms with Crippen LogP contribution in [0.1, 0.15) is 51.9 Å². The van der Waals surface area contributed by atoms with Gasteiger partial charge in [-0.1, -0.05) is 6.42 Å². The number of carbonyl (C=O) groups excluding carboxylic acids is 1. The molecule has 0 radical (unpaired) electrons. The Balaban J connectivity index is 1.43. The van der Waals surface area contributed by atoms with Gasteiger partial charge < -0.3 is 10.6 Å². The van der Waals surface area contributed by atoms with E-state index >= 15 is 0 Å².